The first-order valence-corrected chi connectivity index (χ1v) is 8.74. The number of nitrogens with one attached hydrogen (secondary N) is 2. The second kappa shape index (κ2) is 5.38. The molecule has 1 aromatic carbocycles. The van der Waals surface area contributed by atoms with Gasteiger partial charge in [-0.05, 0) is 26.0 Å². The van der Waals surface area contributed by atoms with Gasteiger partial charge in [-0.15, -0.1) is 11.3 Å². The van der Waals surface area contributed by atoms with E-state index in [4.69, 9.17) is 0 Å². The molecule has 0 saturated carbocycles. The molecule has 1 unspecified atom stereocenters. The molecule has 0 spiro atoms. The number of anilines is 2. The van der Waals surface area contributed by atoms with Crippen LogP contribution in [0.4, 0.5) is 10.8 Å². The fourth-order valence-electron chi connectivity index (χ4n) is 3.30. The van der Waals surface area contributed by atoms with Crippen LogP contribution in [-0.4, -0.2) is 28.4 Å². The average Bonchev–Trinajstić information content (AvgIpc) is 3.08. The number of para-hydroxylation sites is 1. The number of rotatable bonds is 2. The Morgan fingerprint density at radius 1 is 1.32 bits per heavy atom. The molecule has 1 aromatic heterocycles. The number of benzene rings is 1. The van der Waals surface area contributed by atoms with Crippen LogP contribution in [0.5, 0.6) is 0 Å². The van der Waals surface area contributed by atoms with Gasteiger partial charge in [0.25, 0.3) is 11.8 Å². The smallest absolute Gasteiger partial charge is 0.273 e. The van der Waals surface area contributed by atoms with Gasteiger partial charge < -0.3 is 5.32 Å². The van der Waals surface area contributed by atoms with Crippen molar-refractivity contribution in [1.29, 1.82) is 0 Å². The highest BCUT2D eigenvalue weighted by atomic mass is 32.1. The minimum atomic E-state index is -1.41. The van der Waals surface area contributed by atoms with Crippen LogP contribution in [0.2, 0.25) is 0 Å². The molecule has 2 aliphatic heterocycles. The summed E-state index contributed by atoms with van der Waals surface area (Å²) in [5.41, 5.74) is 0.295. The van der Waals surface area contributed by atoms with Crippen LogP contribution in [0.25, 0.3) is 0 Å². The molecule has 2 N–H and O–H groups in total. The monoisotopic (exact) mass is 356 g/mol. The number of fused-ring (bicyclic) bond motifs is 3. The normalized spacial score (nSPS) is 21.6. The number of nitrogens with zero attached hydrogens (tertiary/aromatic N) is 2. The number of hydrogen-bond donors (Lipinski definition) is 2. The zero-order valence-corrected chi connectivity index (χ0v) is 14.6. The molecule has 1 atom stereocenters. The molecule has 0 bridgehead atoms. The van der Waals surface area contributed by atoms with Crippen molar-refractivity contribution in [2.24, 2.45) is 0 Å². The molecule has 3 heterocycles. The topological polar surface area (TPSA) is 91.4 Å². The quantitative estimate of drug-likeness (QED) is 0.861. The summed E-state index contributed by atoms with van der Waals surface area (Å²) < 4.78 is 0. The Kier molecular flexibility index (Phi) is 3.40. The summed E-state index contributed by atoms with van der Waals surface area (Å²) >= 11 is 1.37. The van der Waals surface area contributed by atoms with Gasteiger partial charge >= 0.3 is 0 Å². The van der Waals surface area contributed by atoms with Crippen molar-refractivity contribution in [3.05, 3.63) is 40.4 Å². The Bertz CT molecular complexity index is 903. The number of aryl methyl sites for hydroxylation is 2. The predicted octanol–water partition coefficient (Wildman–Crippen LogP) is 1.97. The lowest BCUT2D eigenvalue weighted by atomic mass is 9.99. The van der Waals surface area contributed by atoms with Crippen LogP contribution in [0.3, 0.4) is 0 Å². The number of carbonyl (C=O) groups excluding carboxylic acids is 3. The van der Waals surface area contributed by atoms with Crippen LogP contribution in [0, 0.1) is 13.8 Å². The standard InChI is InChI=1S/C17H16N4O3S/c1-9-10(2)25-16(18-9)19-15(24)17-8-7-13(22)21(17)12-6-4-3-5-11(12)14(23)20-17/h3-6H,7-8H2,1-2H3,(H,20,23)(H,18,19,24). The van der Waals surface area contributed by atoms with Crippen molar-refractivity contribution in [2.75, 3.05) is 10.2 Å². The zero-order chi connectivity index (χ0) is 17.8. The van der Waals surface area contributed by atoms with E-state index in [1.165, 1.54) is 16.2 Å². The van der Waals surface area contributed by atoms with Gasteiger partial charge in [-0.1, -0.05) is 12.1 Å². The van der Waals surface area contributed by atoms with E-state index in [2.05, 4.69) is 15.6 Å². The molecule has 2 aromatic rings. The van der Waals surface area contributed by atoms with Gasteiger partial charge in [0, 0.05) is 17.7 Å². The second-order valence-corrected chi connectivity index (χ2v) is 7.38. The van der Waals surface area contributed by atoms with E-state index in [0.717, 1.165) is 10.6 Å². The number of carbonyl (C=O) groups is 3. The highest BCUT2D eigenvalue weighted by molar-refractivity contribution is 7.15. The van der Waals surface area contributed by atoms with Gasteiger partial charge in [0.15, 0.2) is 5.13 Å². The Hall–Kier alpha value is -2.74. The molecule has 8 heteroatoms. The Labute approximate surface area is 148 Å². The largest absolute Gasteiger partial charge is 0.321 e. The van der Waals surface area contributed by atoms with Crippen LogP contribution >= 0.6 is 11.3 Å². The van der Waals surface area contributed by atoms with Gasteiger partial charge in [-0.3, -0.25) is 24.6 Å². The van der Waals surface area contributed by atoms with Crippen LogP contribution in [-0.2, 0) is 9.59 Å². The minimum Gasteiger partial charge on any atom is -0.321 e. The fraction of sp³-hybridized carbons (Fsp3) is 0.294. The van der Waals surface area contributed by atoms with Gasteiger partial charge in [0.1, 0.15) is 0 Å². The first-order chi connectivity index (χ1) is 11.9. The molecule has 0 radical (unpaired) electrons. The van der Waals surface area contributed by atoms with Crippen LogP contribution in [0.15, 0.2) is 24.3 Å². The SMILES string of the molecule is Cc1nc(NC(=O)C23CCC(=O)N2c2ccccc2C(=O)N3)sc1C. The van der Waals surface area contributed by atoms with E-state index in [1.54, 1.807) is 24.3 Å². The van der Waals surface area contributed by atoms with Crippen LogP contribution < -0.4 is 15.5 Å². The average molecular weight is 356 g/mol. The lowest BCUT2D eigenvalue weighted by Gasteiger charge is -2.41. The van der Waals surface area contributed by atoms with Crippen LogP contribution in [0.1, 0.15) is 33.8 Å². The number of thiazole rings is 1. The van der Waals surface area contributed by atoms with Gasteiger partial charge in [-0.25, -0.2) is 4.98 Å². The first-order valence-electron chi connectivity index (χ1n) is 7.92. The van der Waals surface area contributed by atoms with E-state index in [1.807, 2.05) is 13.8 Å². The fourth-order valence-corrected chi connectivity index (χ4v) is 4.11. The Balaban J connectivity index is 1.75. The maximum Gasteiger partial charge on any atom is 0.273 e. The van der Waals surface area contributed by atoms with Gasteiger partial charge in [-0.2, -0.15) is 0 Å². The molecule has 128 valence electrons. The molecule has 2 aliphatic rings. The summed E-state index contributed by atoms with van der Waals surface area (Å²) in [5, 5.41) is 5.98. The summed E-state index contributed by atoms with van der Waals surface area (Å²) in [4.78, 5) is 44.8. The van der Waals surface area contributed by atoms with Gasteiger partial charge in [0.05, 0.1) is 16.9 Å². The molecule has 7 nitrogen and oxygen atoms in total. The molecule has 0 aliphatic carbocycles. The molecule has 3 amide bonds. The summed E-state index contributed by atoms with van der Waals surface area (Å²) in [6.07, 6.45) is 0.416. The van der Waals surface area contributed by atoms with E-state index in [9.17, 15) is 14.4 Å². The highest BCUT2D eigenvalue weighted by Gasteiger charge is 2.56. The van der Waals surface area contributed by atoms with Crippen molar-refractivity contribution < 1.29 is 14.4 Å². The van der Waals surface area contributed by atoms with Crippen molar-refractivity contribution >= 4 is 39.9 Å². The molecule has 1 saturated heterocycles. The third-order valence-corrected chi connectivity index (χ3v) is 5.65. The Morgan fingerprint density at radius 3 is 2.80 bits per heavy atom. The maximum atomic E-state index is 13.0. The van der Waals surface area contributed by atoms with Gasteiger partial charge in [0.2, 0.25) is 11.6 Å². The maximum absolute atomic E-state index is 13.0. The summed E-state index contributed by atoms with van der Waals surface area (Å²) in [5.74, 6) is -0.993. The van der Waals surface area contributed by atoms with Crippen molar-refractivity contribution in [3.8, 4) is 0 Å². The lowest BCUT2D eigenvalue weighted by Crippen LogP contribution is -2.68. The van der Waals surface area contributed by atoms with Crippen molar-refractivity contribution in [3.63, 3.8) is 0 Å². The second-order valence-electron chi connectivity index (χ2n) is 6.18. The number of hydrogen-bond acceptors (Lipinski definition) is 5. The number of amides is 3. The molecule has 4 rings (SSSR count). The third kappa shape index (κ3) is 2.25. The lowest BCUT2D eigenvalue weighted by molar-refractivity contribution is -0.124. The Morgan fingerprint density at radius 2 is 2.08 bits per heavy atom. The summed E-state index contributed by atoms with van der Waals surface area (Å²) in [7, 11) is 0. The first kappa shape index (κ1) is 15.8. The minimum absolute atomic E-state index is 0.186. The van der Waals surface area contributed by atoms with E-state index in [-0.39, 0.29) is 24.7 Å². The predicted molar refractivity (Wildman–Crippen MR) is 93.6 cm³/mol. The molecule has 1 fully saturated rings. The third-order valence-electron chi connectivity index (χ3n) is 4.67. The molecular formula is C17H16N4O3S. The summed E-state index contributed by atoms with van der Waals surface area (Å²) in [6.45, 7) is 3.79. The number of aromatic nitrogens is 1. The summed E-state index contributed by atoms with van der Waals surface area (Å²) in [6, 6.07) is 6.81. The van der Waals surface area contributed by atoms with E-state index >= 15 is 0 Å². The molecule has 25 heavy (non-hydrogen) atoms. The van der Waals surface area contributed by atoms with E-state index < -0.39 is 11.6 Å². The van der Waals surface area contributed by atoms with E-state index in [0.29, 0.717) is 16.4 Å². The van der Waals surface area contributed by atoms with Crippen molar-refractivity contribution in [2.45, 2.75) is 32.4 Å². The zero-order valence-electron chi connectivity index (χ0n) is 13.8. The highest BCUT2D eigenvalue weighted by Crippen LogP contribution is 2.40. The van der Waals surface area contributed by atoms with Crippen molar-refractivity contribution in [1.82, 2.24) is 10.3 Å². The molecular weight excluding hydrogens is 340 g/mol.